The van der Waals surface area contributed by atoms with Crippen LogP contribution in [0.15, 0.2) is 47.7 Å². The summed E-state index contributed by atoms with van der Waals surface area (Å²) in [5.74, 6) is 2.24. The molecule has 0 spiro atoms. The maximum Gasteiger partial charge on any atom is 0.254 e. The number of benzene rings is 1. The van der Waals surface area contributed by atoms with Crippen LogP contribution in [0.3, 0.4) is 0 Å². The van der Waals surface area contributed by atoms with E-state index < -0.39 is 0 Å². The molecule has 1 aliphatic heterocycles. The Morgan fingerprint density at radius 2 is 1.85 bits per heavy atom. The molecule has 1 saturated carbocycles. The Balaban J connectivity index is 1.48. The van der Waals surface area contributed by atoms with Crippen molar-refractivity contribution in [2.24, 2.45) is 28.8 Å². The van der Waals surface area contributed by atoms with E-state index in [0.29, 0.717) is 6.54 Å². The highest BCUT2D eigenvalue weighted by atomic mass is 16.2. The maximum atomic E-state index is 12.7. The number of hydrogen-bond donors (Lipinski definition) is 0. The van der Waals surface area contributed by atoms with E-state index in [0.717, 1.165) is 27.9 Å². The number of aromatic nitrogens is 1. The normalized spacial score (nSPS) is 29.3. The first-order valence-corrected chi connectivity index (χ1v) is 8.80. The molecule has 0 radical (unpaired) electrons. The first-order valence-electron chi connectivity index (χ1n) is 8.80. The van der Waals surface area contributed by atoms with Crippen LogP contribution >= 0.6 is 0 Å². The molecule has 0 unspecified atom stereocenters. The zero-order valence-corrected chi connectivity index (χ0v) is 14.1. The molecule has 26 heavy (non-hydrogen) atoms. The number of hydrazone groups is 1. The van der Waals surface area contributed by atoms with Crippen molar-refractivity contribution in [3.63, 3.8) is 0 Å². The third kappa shape index (κ3) is 1.96. The second-order valence-electron chi connectivity index (χ2n) is 7.17. The number of allylic oxidation sites excluding steroid dienone is 2. The predicted molar refractivity (Wildman–Crippen MR) is 97.9 cm³/mol. The lowest BCUT2D eigenvalue weighted by atomic mass is 9.85. The number of amides is 2. The molecule has 1 aromatic heterocycles. The maximum absolute atomic E-state index is 12.7. The molecular weight excluding hydrogens is 326 g/mol. The van der Waals surface area contributed by atoms with Crippen LogP contribution < -0.4 is 0 Å². The number of carbonyl (C=O) groups is 2. The highest BCUT2D eigenvalue weighted by Crippen LogP contribution is 2.52. The van der Waals surface area contributed by atoms with Crippen molar-refractivity contribution in [3.8, 4) is 12.3 Å². The number of rotatable bonds is 3. The van der Waals surface area contributed by atoms with Gasteiger partial charge in [0.05, 0.1) is 24.6 Å². The number of nitrogens with zero attached hydrogens (tertiary/aromatic N) is 3. The van der Waals surface area contributed by atoms with E-state index in [1.165, 1.54) is 0 Å². The van der Waals surface area contributed by atoms with E-state index in [-0.39, 0.29) is 35.5 Å². The Morgan fingerprint density at radius 3 is 2.54 bits per heavy atom. The van der Waals surface area contributed by atoms with Crippen molar-refractivity contribution < 1.29 is 9.59 Å². The Bertz CT molecular complexity index is 1010. The van der Waals surface area contributed by atoms with Crippen LogP contribution in [0.1, 0.15) is 12.0 Å². The smallest absolute Gasteiger partial charge is 0.254 e. The van der Waals surface area contributed by atoms with Gasteiger partial charge in [-0.3, -0.25) is 9.59 Å². The molecule has 4 atom stereocenters. The first-order chi connectivity index (χ1) is 12.7. The minimum absolute atomic E-state index is 0.166. The van der Waals surface area contributed by atoms with Gasteiger partial charge in [0.15, 0.2) is 0 Å². The molecule has 1 aromatic carbocycles. The van der Waals surface area contributed by atoms with Crippen LogP contribution in [-0.2, 0) is 16.1 Å². The Kier molecular flexibility index (Phi) is 3.17. The van der Waals surface area contributed by atoms with E-state index in [1.54, 1.807) is 6.21 Å². The lowest BCUT2D eigenvalue weighted by Crippen LogP contribution is -2.28. The molecule has 128 valence electrons. The third-order valence-electron chi connectivity index (χ3n) is 5.84. The van der Waals surface area contributed by atoms with Gasteiger partial charge in [0, 0.05) is 22.7 Å². The lowest BCUT2D eigenvalue weighted by Gasteiger charge is -2.13. The van der Waals surface area contributed by atoms with Crippen molar-refractivity contribution >= 4 is 28.9 Å². The number of imide groups is 1. The van der Waals surface area contributed by atoms with Gasteiger partial charge in [-0.25, -0.2) is 0 Å². The number of para-hydroxylation sites is 1. The topological polar surface area (TPSA) is 54.7 Å². The minimum Gasteiger partial charge on any atom is -0.335 e. The summed E-state index contributed by atoms with van der Waals surface area (Å²) >= 11 is 0. The van der Waals surface area contributed by atoms with Gasteiger partial charge in [-0.2, -0.15) is 10.1 Å². The molecule has 5 nitrogen and oxygen atoms in total. The molecular formula is C21H17N3O2. The first kappa shape index (κ1) is 15.2. The van der Waals surface area contributed by atoms with Gasteiger partial charge in [-0.05, 0) is 24.3 Å². The summed E-state index contributed by atoms with van der Waals surface area (Å²) in [5.41, 5.74) is 1.85. The summed E-state index contributed by atoms with van der Waals surface area (Å²) in [5, 5.41) is 6.35. The molecule has 1 saturated heterocycles. The lowest BCUT2D eigenvalue weighted by molar-refractivity contribution is -0.140. The van der Waals surface area contributed by atoms with Crippen molar-refractivity contribution in [2.75, 3.05) is 0 Å². The third-order valence-corrected chi connectivity index (χ3v) is 5.84. The van der Waals surface area contributed by atoms with Crippen LogP contribution in [0.5, 0.6) is 0 Å². The van der Waals surface area contributed by atoms with Gasteiger partial charge in [-0.1, -0.05) is 36.3 Å². The number of terminal acetylenes is 1. The van der Waals surface area contributed by atoms with Crippen molar-refractivity contribution in [2.45, 2.75) is 13.0 Å². The van der Waals surface area contributed by atoms with Crippen LogP contribution in [0, 0.1) is 36.0 Å². The second-order valence-corrected chi connectivity index (χ2v) is 7.17. The standard InChI is InChI=1S/C21H17N3O2/c1-2-9-23-12-15(16-5-3-4-6-17(16)23)11-22-24-20(25)18-13-7-8-14(10-13)19(18)21(24)26/h1,3-8,11-14,18-19H,9-10H2/b22-11-/t13-,14-,18-,19-/m0/s1. The Hall–Kier alpha value is -3.13. The fourth-order valence-corrected chi connectivity index (χ4v) is 4.73. The van der Waals surface area contributed by atoms with Gasteiger partial charge in [0.25, 0.3) is 11.8 Å². The molecule has 2 heterocycles. The largest absolute Gasteiger partial charge is 0.335 e. The van der Waals surface area contributed by atoms with Crippen LogP contribution in [0.4, 0.5) is 0 Å². The zero-order chi connectivity index (χ0) is 17.8. The van der Waals surface area contributed by atoms with Crippen molar-refractivity contribution in [3.05, 3.63) is 48.2 Å². The molecule has 2 amide bonds. The quantitative estimate of drug-likeness (QED) is 0.372. The fourth-order valence-electron chi connectivity index (χ4n) is 4.73. The summed E-state index contributed by atoms with van der Waals surface area (Å²) in [6, 6.07) is 7.87. The van der Waals surface area contributed by atoms with Gasteiger partial charge >= 0.3 is 0 Å². The molecule has 2 aliphatic carbocycles. The molecule has 3 aliphatic rings. The molecule has 0 N–H and O–H groups in total. The van der Waals surface area contributed by atoms with E-state index in [4.69, 9.17) is 6.42 Å². The van der Waals surface area contributed by atoms with E-state index in [9.17, 15) is 9.59 Å². The summed E-state index contributed by atoms with van der Waals surface area (Å²) < 4.78 is 1.96. The van der Waals surface area contributed by atoms with Crippen LogP contribution in [-0.4, -0.2) is 27.6 Å². The number of fused-ring (bicyclic) bond motifs is 6. The predicted octanol–water partition coefficient (Wildman–Crippen LogP) is 2.42. The summed E-state index contributed by atoms with van der Waals surface area (Å²) in [6.07, 6.45) is 14.0. The number of carbonyl (C=O) groups excluding carboxylic acids is 2. The summed E-state index contributed by atoms with van der Waals surface area (Å²) in [4.78, 5) is 25.4. The fraction of sp³-hybridized carbons (Fsp3) is 0.286. The van der Waals surface area contributed by atoms with Crippen LogP contribution in [0.25, 0.3) is 10.9 Å². The zero-order valence-electron chi connectivity index (χ0n) is 14.1. The van der Waals surface area contributed by atoms with Crippen molar-refractivity contribution in [1.29, 1.82) is 0 Å². The van der Waals surface area contributed by atoms with E-state index in [1.807, 2.05) is 35.0 Å². The minimum atomic E-state index is -0.225. The Morgan fingerprint density at radius 1 is 1.15 bits per heavy atom. The summed E-state index contributed by atoms with van der Waals surface area (Å²) in [6.45, 7) is 0.453. The van der Waals surface area contributed by atoms with Crippen molar-refractivity contribution in [1.82, 2.24) is 9.58 Å². The van der Waals surface area contributed by atoms with Gasteiger partial charge in [0.1, 0.15) is 0 Å². The monoisotopic (exact) mass is 343 g/mol. The highest BCUT2D eigenvalue weighted by molar-refractivity contribution is 6.07. The molecule has 2 aromatic rings. The second kappa shape index (κ2) is 5.43. The number of hydrogen-bond acceptors (Lipinski definition) is 3. The molecule has 2 fully saturated rings. The highest BCUT2D eigenvalue weighted by Gasteiger charge is 2.59. The molecule has 5 rings (SSSR count). The average Bonchev–Trinajstić information content (AvgIpc) is 3.39. The SMILES string of the molecule is C#CCn1cc(/C=N\N2C(=O)[C@@H]3[C@@H](C2=O)[C@H]2C=C[C@H]3C2)c2ccccc21. The van der Waals surface area contributed by atoms with E-state index >= 15 is 0 Å². The molecule has 2 bridgehead atoms. The van der Waals surface area contributed by atoms with E-state index in [2.05, 4.69) is 23.2 Å². The van der Waals surface area contributed by atoms with Gasteiger partial charge < -0.3 is 4.57 Å². The summed E-state index contributed by atoms with van der Waals surface area (Å²) in [7, 11) is 0. The average molecular weight is 343 g/mol. The molecule has 5 heteroatoms. The van der Waals surface area contributed by atoms with Gasteiger partial charge in [-0.15, -0.1) is 6.42 Å². The van der Waals surface area contributed by atoms with Crippen LogP contribution in [0.2, 0.25) is 0 Å². The Labute approximate surface area is 151 Å². The van der Waals surface area contributed by atoms with Gasteiger partial charge in [0.2, 0.25) is 0 Å².